The predicted octanol–water partition coefficient (Wildman–Crippen LogP) is 1.01. The van der Waals surface area contributed by atoms with E-state index in [1.54, 1.807) is 0 Å². The zero-order valence-electron chi connectivity index (χ0n) is 12.2. The molecule has 1 aliphatic rings. The van der Waals surface area contributed by atoms with Gasteiger partial charge in [0.25, 0.3) is 5.69 Å². The first kappa shape index (κ1) is 16.7. The van der Waals surface area contributed by atoms with Crippen molar-refractivity contribution in [3.8, 4) is 5.75 Å². The third kappa shape index (κ3) is 3.37. The second-order valence-electron chi connectivity index (χ2n) is 5.25. The normalized spacial score (nSPS) is 21.7. The Morgan fingerprint density at radius 1 is 1.45 bits per heavy atom. The molecular weight excluding hydrogens is 310 g/mol. The molecule has 0 amide bonds. The van der Waals surface area contributed by atoms with Gasteiger partial charge in [-0.15, -0.1) is 0 Å². The molecule has 1 fully saturated rings. The Labute approximate surface area is 128 Å². The number of rotatable bonds is 6. The number of methoxy groups -OCH3 is 1. The second kappa shape index (κ2) is 6.59. The van der Waals surface area contributed by atoms with Gasteiger partial charge in [0.2, 0.25) is 10.0 Å². The van der Waals surface area contributed by atoms with E-state index < -0.39 is 14.9 Å². The number of nitro benzene ring substituents is 1. The molecule has 1 saturated carbocycles. The van der Waals surface area contributed by atoms with Gasteiger partial charge in [-0.25, -0.2) is 13.1 Å². The molecule has 2 atom stereocenters. The summed E-state index contributed by atoms with van der Waals surface area (Å²) in [7, 11) is -2.60. The van der Waals surface area contributed by atoms with E-state index in [-0.39, 0.29) is 28.3 Å². The maximum absolute atomic E-state index is 12.5. The maximum Gasteiger partial charge on any atom is 0.271 e. The van der Waals surface area contributed by atoms with E-state index in [9.17, 15) is 18.5 Å². The van der Waals surface area contributed by atoms with Gasteiger partial charge in [-0.3, -0.25) is 10.1 Å². The summed E-state index contributed by atoms with van der Waals surface area (Å²) in [5.74, 6) is 0.153. The summed E-state index contributed by atoms with van der Waals surface area (Å²) >= 11 is 0. The fourth-order valence-corrected chi connectivity index (χ4v) is 4.25. The molecule has 1 aromatic carbocycles. The second-order valence-corrected chi connectivity index (χ2v) is 6.93. The number of non-ortho nitro benzene ring substituents is 1. The molecular formula is C13H19N3O5S. The number of nitrogens with two attached hydrogens (primary N) is 1. The number of nitro groups is 1. The molecule has 8 nitrogen and oxygen atoms in total. The lowest BCUT2D eigenvalue weighted by Gasteiger charge is -2.20. The molecule has 0 bridgehead atoms. The van der Waals surface area contributed by atoms with E-state index in [0.717, 1.165) is 18.9 Å². The highest BCUT2D eigenvalue weighted by Crippen LogP contribution is 2.31. The van der Waals surface area contributed by atoms with Gasteiger partial charge < -0.3 is 10.5 Å². The van der Waals surface area contributed by atoms with Crippen LogP contribution in [-0.2, 0) is 10.0 Å². The average molecular weight is 329 g/mol. The largest absolute Gasteiger partial charge is 0.495 e. The molecule has 9 heteroatoms. The molecule has 0 aromatic heterocycles. The minimum absolute atomic E-state index is 0.0698. The van der Waals surface area contributed by atoms with Crippen molar-refractivity contribution in [1.82, 2.24) is 4.72 Å². The molecule has 122 valence electrons. The van der Waals surface area contributed by atoms with Gasteiger partial charge in [0, 0.05) is 18.2 Å². The van der Waals surface area contributed by atoms with E-state index in [4.69, 9.17) is 10.5 Å². The van der Waals surface area contributed by atoms with Crippen LogP contribution in [0.1, 0.15) is 19.3 Å². The first-order valence-electron chi connectivity index (χ1n) is 6.94. The van der Waals surface area contributed by atoms with Crippen molar-refractivity contribution >= 4 is 15.7 Å². The Morgan fingerprint density at radius 2 is 2.18 bits per heavy atom. The van der Waals surface area contributed by atoms with E-state index in [1.807, 2.05) is 0 Å². The Morgan fingerprint density at radius 3 is 2.77 bits per heavy atom. The Hall–Kier alpha value is -1.71. The minimum Gasteiger partial charge on any atom is -0.495 e. The summed E-state index contributed by atoms with van der Waals surface area (Å²) in [6, 6.07) is 3.24. The number of nitrogens with one attached hydrogen (secondary N) is 1. The standard InChI is InChI=1S/C13H19N3O5S/c1-21-12-6-5-10(16(17)18)7-13(12)22(19,20)15-11-4-2-3-9(11)8-14/h5-7,9,11,15H,2-4,8,14H2,1H3. The van der Waals surface area contributed by atoms with E-state index in [2.05, 4.69) is 4.72 Å². The lowest BCUT2D eigenvalue weighted by Crippen LogP contribution is -2.39. The van der Waals surface area contributed by atoms with Gasteiger partial charge in [0.1, 0.15) is 10.6 Å². The molecule has 1 aliphatic carbocycles. The van der Waals surface area contributed by atoms with Gasteiger partial charge in [0.15, 0.2) is 0 Å². The van der Waals surface area contributed by atoms with Crippen LogP contribution < -0.4 is 15.2 Å². The summed E-state index contributed by atoms with van der Waals surface area (Å²) in [5, 5.41) is 10.9. The number of sulfonamides is 1. The van der Waals surface area contributed by atoms with Crippen LogP contribution in [-0.4, -0.2) is 33.0 Å². The van der Waals surface area contributed by atoms with Crippen LogP contribution in [0.15, 0.2) is 23.1 Å². The third-order valence-electron chi connectivity index (χ3n) is 3.92. The van der Waals surface area contributed by atoms with Crippen molar-refractivity contribution < 1.29 is 18.1 Å². The van der Waals surface area contributed by atoms with Crippen molar-refractivity contribution in [2.24, 2.45) is 11.7 Å². The van der Waals surface area contributed by atoms with Gasteiger partial charge in [-0.05, 0) is 31.4 Å². The zero-order chi connectivity index (χ0) is 16.3. The lowest BCUT2D eigenvalue weighted by molar-refractivity contribution is -0.385. The SMILES string of the molecule is COc1ccc([N+](=O)[O-])cc1S(=O)(=O)NC1CCCC1CN. The lowest BCUT2D eigenvalue weighted by atomic mass is 10.1. The molecule has 0 aliphatic heterocycles. The predicted molar refractivity (Wildman–Crippen MR) is 80.2 cm³/mol. The minimum atomic E-state index is -3.92. The summed E-state index contributed by atoms with van der Waals surface area (Å²) in [4.78, 5) is 9.98. The molecule has 3 N–H and O–H groups in total. The van der Waals surface area contributed by atoms with Crippen molar-refractivity contribution in [1.29, 1.82) is 0 Å². The van der Waals surface area contributed by atoms with E-state index in [1.165, 1.54) is 19.2 Å². The van der Waals surface area contributed by atoms with Gasteiger partial charge in [-0.1, -0.05) is 6.42 Å². The summed E-state index contributed by atoms with van der Waals surface area (Å²) in [6.07, 6.45) is 2.48. The highest BCUT2D eigenvalue weighted by Gasteiger charge is 2.32. The molecule has 2 rings (SSSR count). The summed E-state index contributed by atoms with van der Waals surface area (Å²) < 4.78 is 32.7. The smallest absolute Gasteiger partial charge is 0.271 e. The van der Waals surface area contributed by atoms with Crippen molar-refractivity contribution in [3.05, 3.63) is 28.3 Å². The quantitative estimate of drug-likeness (QED) is 0.593. The fraction of sp³-hybridized carbons (Fsp3) is 0.538. The fourth-order valence-electron chi connectivity index (χ4n) is 2.73. The number of nitrogens with zero attached hydrogens (tertiary/aromatic N) is 1. The van der Waals surface area contributed by atoms with Crippen LogP contribution in [0.3, 0.4) is 0 Å². The number of ether oxygens (including phenoxy) is 1. The topological polar surface area (TPSA) is 125 Å². The van der Waals surface area contributed by atoms with Crippen LogP contribution in [0.5, 0.6) is 5.75 Å². The zero-order valence-corrected chi connectivity index (χ0v) is 13.0. The van der Waals surface area contributed by atoms with E-state index >= 15 is 0 Å². The number of hydrogen-bond acceptors (Lipinski definition) is 6. The van der Waals surface area contributed by atoms with Gasteiger partial charge >= 0.3 is 0 Å². The average Bonchev–Trinajstić information content (AvgIpc) is 2.92. The van der Waals surface area contributed by atoms with Gasteiger partial charge in [-0.2, -0.15) is 0 Å². The van der Waals surface area contributed by atoms with Gasteiger partial charge in [0.05, 0.1) is 12.0 Å². The highest BCUT2D eigenvalue weighted by molar-refractivity contribution is 7.89. The Kier molecular flexibility index (Phi) is 4.99. The molecule has 0 saturated heterocycles. The monoisotopic (exact) mass is 329 g/mol. The highest BCUT2D eigenvalue weighted by atomic mass is 32.2. The number of benzene rings is 1. The van der Waals surface area contributed by atoms with Crippen LogP contribution in [0, 0.1) is 16.0 Å². The van der Waals surface area contributed by atoms with Crippen molar-refractivity contribution in [3.63, 3.8) is 0 Å². The Balaban J connectivity index is 2.35. The van der Waals surface area contributed by atoms with Crippen LogP contribution in [0.2, 0.25) is 0 Å². The van der Waals surface area contributed by atoms with Crippen molar-refractivity contribution in [2.45, 2.75) is 30.2 Å². The van der Waals surface area contributed by atoms with Crippen LogP contribution >= 0.6 is 0 Å². The third-order valence-corrected chi connectivity index (χ3v) is 5.43. The first-order valence-corrected chi connectivity index (χ1v) is 8.42. The number of hydrogen-bond donors (Lipinski definition) is 2. The first-order chi connectivity index (χ1) is 10.4. The van der Waals surface area contributed by atoms with Crippen molar-refractivity contribution in [2.75, 3.05) is 13.7 Å². The van der Waals surface area contributed by atoms with Crippen LogP contribution in [0.4, 0.5) is 5.69 Å². The molecule has 0 spiro atoms. The maximum atomic E-state index is 12.5. The molecule has 0 radical (unpaired) electrons. The molecule has 2 unspecified atom stereocenters. The Bertz CT molecular complexity index is 662. The molecule has 1 aromatic rings. The molecule has 0 heterocycles. The van der Waals surface area contributed by atoms with Crippen LogP contribution in [0.25, 0.3) is 0 Å². The molecule has 22 heavy (non-hydrogen) atoms. The summed E-state index contributed by atoms with van der Waals surface area (Å²) in [5.41, 5.74) is 5.35. The van der Waals surface area contributed by atoms with E-state index in [0.29, 0.717) is 13.0 Å². The summed E-state index contributed by atoms with van der Waals surface area (Å²) in [6.45, 7) is 0.402.